The normalized spacial score (nSPS) is 10.9. The molecule has 3 aromatic rings. The number of ether oxygens (including phenoxy) is 1. The average Bonchev–Trinajstić information content (AvgIpc) is 3.03. The Morgan fingerprint density at radius 3 is 2.88 bits per heavy atom. The molecular formula is C18H20N4O2. The van der Waals surface area contributed by atoms with Gasteiger partial charge in [-0.3, -0.25) is 9.20 Å². The Labute approximate surface area is 140 Å². The highest BCUT2D eigenvalue weighted by Gasteiger charge is 2.06. The van der Waals surface area contributed by atoms with E-state index in [9.17, 15) is 4.79 Å². The molecule has 0 aliphatic carbocycles. The van der Waals surface area contributed by atoms with Crippen molar-refractivity contribution < 1.29 is 9.53 Å². The van der Waals surface area contributed by atoms with Gasteiger partial charge in [-0.15, -0.1) is 0 Å². The van der Waals surface area contributed by atoms with Crippen LogP contribution in [0.15, 0.2) is 48.9 Å². The van der Waals surface area contributed by atoms with Crippen molar-refractivity contribution in [2.75, 3.05) is 18.5 Å². The van der Waals surface area contributed by atoms with E-state index in [0.29, 0.717) is 25.4 Å². The van der Waals surface area contributed by atoms with Crippen LogP contribution >= 0.6 is 0 Å². The minimum atomic E-state index is -0.000571. The van der Waals surface area contributed by atoms with Crippen molar-refractivity contribution in [3.63, 3.8) is 0 Å². The Balaban J connectivity index is 1.61. The number of benzene rings is 1. The Morgan fingerprint density at radius 1 is 1.29 bits per heavy atom. The maximum Gasteiger partial charge on any atom is 0.234 e. The highest BCUT2D eigenvalue weighted by Crippen LogP contribution is 2.20. The molecule has 6 nitrogen and oxygen atoms in total. The third-order valence-corrected chi connectivity index (χ3v) is 3.60. The minimum Gasteiger partial charge on any atom is -0.382 e. The van der Waals surface area contributed by atoms with E-state index in [1.165, 1.54) is 0 Å². The zero-order chi connectivity index (χ0) is 16.8. The molecule has 24 heavy (non-hydrogen) atoms. The predicted octanol–water partition coefficient (Wildman–Crippen LogP) is 3.15. The number of carbonyl (C=O) groups is 1. The molecule has 0 saturated carbocycles. The Hall–Kier alpha value is -2.73. The molecule has 0 spiro atoms. The fourth-order valence-corrected chi connectivity index (χ4v) is 2.40. The van der Waals surface area contributed by atoms with E-state index < -0.39 is 0 Å². The summed E-state index contributed by atoms with van der Waals surface area (Å²) in [5, 5.41) is 2.89. The minimum absolute atomic E-state index is 0.000571. The van der Waals surface area contributed by atoms with E-state index in [-0.39, 0.29) is 5.91 Å². The van der Waals surface area contributed by atoms with Crippen molar-refractivity contribution in [1.29, 1.82) is 0 Å². The number of fused-ring (bicyclic) bond motifs is 1. The zero-order valence-electron chi connectivity index (χ0n) is 13.6. The summed E-state index contributed by atoms with van der Waals surface area (Å²) in [5.74, 6) is 0.665. The number of carbonyl (C=O) groups excluding carboxylic acids is 1. The number of amides is 1. The highest BCUT2D eigenvalue weighted by atomic mass is 16.5. The van der Waals surface area contributed by atoms with Crippen molar-refractivity contribution in [3.8, 4) is 11.3 Å². The molecule has 2 aromatic heterocycles. The number of nitrogens with one attached hydrogen (secondary N) is 1. The summed E-state index contributed by atoms with van der Waals surface area (Å²) in [6.45, 7) is 3.24. The average molecular weight is 324 g/mol. The molecule has 0 aliphatic rings. The smallest absolute Gasteiger partial charge is 0.234 e. The van der Waals surface area contributed by atoms with Crippen LogP contribution < -0.4 is 5.32 Å². The summed E-state index contributed by atoms with van der Waals surface area (Å²) in [7, 11) is 0. The molecule has 2 heterocycles. The molecule has 1 amide bonds. The van der Waals surface area contributed by atoms with Crippen LogP contribution in [0.3, 0.4) is 0 Å². The van der Waals surface area contributed by atoms with E-state index in [1.807, 2.05) is 54.0 Å². The van der Waals surface area contributed by atoms with Gasteiger partial charge in [0.2, 0.25) is 11.7 Å². The van der Waals surface area contributed by atoms with Crippen LogP contribution in [0.5, 0.6) is 0 Å². The van der Waals surface area contributed by atoms with E-state index in [0.717, 1.165) is 23.4 Å². The summed E-state index contributed by atoms with van der Waals surface area (Å²) in [6.07, 6.45) is 6.75. The number of nitrogens with zero attached hydrogens (tertiary/aromatic N) is 3. The monoisotopic (exact) mass is 324 g/mol. The van der Waals surface area contributed by atoms with Gasteiger partial charge >= 0.3 is 0 Å². The van der Waals surface area contributed by atoms with Gasteiger partial charge in [-0.05, 0) is 31.5 Å². The lowest BCUT2D eigenvalue weighted by molar-refractivity contribution is -0.116. The third-order valence-electron chi connectivity index (χ3n) is 3.60. The summed E-state index contributed by atoms with van der Waals surface area (Å²) >= 11 is 0. The predicted molar refractivity (Wildman–Crippen MR) is 92.8 cm³/mol. The quantitative estimate of drug-likeness (QED) is 0.678. The van der Waals surface area contributed by atoms with Gasteiger partial charge in [-0.1, -0.05) is 12.1 Å². The van der Waals surface area contributed by atoms with Crippen LogP contribution in [0.4, 0.5) is 5.69 Å². The van der Waals surface area contributed by atoms with E-state index in [2.05, 4.69) is 15.3 Å². The fourth-order valence-electron chi connectivity index (χ4n) is 2.40. The van der Waals surface area contributed by atoms with Crippen molar-refractivity contribution in [1.82, 2.24) is 14.4 Å². The van der Waals surface area contributed by atoms with Crippen molar-refractivity contribution >= 4 is 17.4 Å². The summed E-state index contributed by atoms with van der Waals surface area (Å²) in [6, 6.07) is 9.51. The SMILES string of the molecule is CCOCCCC(=O)Nc1ccc(-c2cn3cccnc3n2)cc1. The zero-order valence-corrected chi connectivity index (χ0v) is 13.6. The van der Waals surface area contributed by atoms with Crippen molar-refractivity contribution in [2.24, 2.45) is 0 Å². The Kier molecular flexibility index (Phi) is 5.18. The van der Waals surface area contributed by atoms with Gasteiger partial charge in [0.1, 0.15) is 0 Å². The van der Waals surface area contributed by atoms with Crippen molar-refractivity contribution in [2.45, 2.75) is 19.8 Å². The molecule has 0 bridgehead atoms. The van der Waals surface area contributed by atoms with Crippen LogP contribution in [0.25, 0.3) is 17.0 Å². The van der Waals surface area contributed by atoms with Crippen LogP contribution in [0, 0.1) is 0 Å². The van der Waals surface area contributed by atoms with Gasteiger partial charge in [0, 0.05) is 49.5 Å². The lowest BCUT2D eigenvalue weighted by atomic mass is 10.1. The number of imidazole rings is 1. The van der Waals surface area contributed by atoms with Gasteiger partial charge in [-0.2, -0.15) is 0 Å². The standard InChI is InChI=1S/C18H20N4O2/c1-2-24-12-3-5-17(23)20-15-8-6-14(7-9-15)16-13-22-11-4-10-19-18(22)21-16/h4,6-11,13H,2-3,5,12H2,1H3,(H,20,23). The summed E-state index contributed by atoms with van der Waals surface area (Å²) < 4.78 is 7.11. The topological polar surface area (TPSA) is 68.5 Å². The second kappa shape index (κ2) is 7.70. The van der Waals surface area contributed by atoms with E-state index in [4.69, 9.17) is 4.74 Å². The van der Waals surface area contributed by atoms with Gasteiger partial charge in [0.15, 0.2) is 0 Å². The molecule has 0 atom stereocenters. The number of hydrogen-bond acceptors (Lipinski definition) is 4. The molecule has 0 unspecified atom stereocenters. The first kappa shape index (κ1) is 16.1. The third kappa shape index (κ3) is 3.97. The Morgan fingerprint density at radius 2 is 2.12 bits per heavy atom. The van der Waals surface area contributed by atoms with Crippen LogP contribution in [0.1, 0.15) is 19.8 Å². The lowest BCUT2D eigenvalue weighted by Crippen LogP contribution is -2.12. The van der Waals surface area contributed by atoms with E-state index >= 15 is 0 Å². The van der Waals surface area contributed by atoms with Crippen LogP contribution in [0.2, 0.25) is 0 Å². The second-order valence-electron chi connectivity index (χ2n) is 5.38. The van der Waals surface area contributed by atoms with Gasteiger partial charge < -0.3 is 10.1 Å². The molecule has 0 fully saturated rings. The largest absolute Gasteiger partial charge is 0.382 e. The lowest BCUT2D eigenvalue weighted by Gasteiger charge is -2.06. The van der Waals surface area contributed by atoms with Gasteiger partial charge in [-0.25, -0.2) is 9.97 Å². The van der Waals surface area contributed by atoms with Crippen LogP contribution in [-0.4, -0.2) is 33.5 Å². The van der Waals surface area contributed by atoms with Crippen molar-refractivity contribution in [3.05, 3.63) is 48.9 Å². The highest BCUT2D eigenvalue weighted by molar-refractivity contribution is 5.90. The molecule has 6 heteroatoms. The van der Waals surface area contributed by atoms with E-state index in [1.54, 1.807) is 6.20 Å². The fraction of sp³-hybridized carbons (Fsp3) is 0.278. The number of aromatic nitrogens is 3. The first-order valence-corrected chi connectivity index (χ1v) is 8.04. The Bertz CT molecular complexity index is 778. The molecule has 1 aromatic carbocycles. The summed E-state index contributed by atoms with van der Waals surface area (Å²) in [5.41, 5.74) is 2.61. The molecule has 0 radical (unpaired) electrons. The maximum absolute atomic E-state index is 11.9. The first-order chi connectivity index (χ1) is 11.8. The number of rotatable bonds is 7. The first-order valence-electron chi connectivity index (χ1n) is 8.04. The molecule has 0 aliphatic heterocycles. The summed E-state index contributed by atoms with van der Waals surface area (Å²) in [4.78, 5) is 20.6. The number of anilines is 1. The maximum atomic E-state index is 11.9. The van der Waals surface area contributed by atoms with Crippen LogP contribution in [-0.2, 0) is 9.53 Å². The molecule has 0 saturated heterocycles. The molecular weight excluding hydrogens is 304 g/mol. The molecule has 3 rings (SSSR count). The van der Waals surface area contributed by atoms with Gasteiger partial charge in [0.25, 0.3) is 0 Å². The second-order valence-corrected chi connectivity index (χ2v) is 5.38. The molecule has 124 valence electrons. The number of hydrogen-bond donors (Lipinski definition) is 1. The molecule has 1 N–H and O–H groups in total. The van der Waals surface area contributed by atoms with Gasteiger partial charge in [0.05, 0.1) is 5.69 Å².